The number of carbonyl (C=O) groups excluding carboxylic acids is 2. The molecule has 0 aromatic heterocycles. The molecule has 1 aromatic rings. The topological polar surface area (TPSA) is 227 Å². The fraction of sp³-hybridized carbons (Fsp3) is 0.552. The molecular formula is C29H39NO14. The highest BCUT2D eigenvalue weighted by atomic mass is 16.5. The second-order valence-electron chi connectivity index (χ2n) is 10.3. The molecule has 1 fully saturated rings. The third-order valence-corrected chi connectivity index (χ3v) is 7.09. The van der Waals surface area contributed by atoms with Gasteiger partial charge in [-0.15, -0.1) is 0 Å². The van der Waals surface area contributed by atoms with E-state index in [1.54, 1.807) is 7.11 Å². The molecule has 0 amide bonds. The first-order valence-electron chi connectivity index (χ1n) is 13.8. The van der Waals surface area contributed by atoms with Crippen LogP contribution in [0, 0.1) is 6.92 Å². The minimum absolute atomic E-state index is 0.0912. The summed E-state index contributed by atoms with van der Waals surface area (Å²) in [6.45, 7) is 8.23. The van der Waals surface area contributed by atoms with E-state index >= 15 is 0 Å². The van der Waals surface area contributed by atoms with E-state index in [1.807, 2.05) is 19.9 Å². The van der Waals surface area contributed by atoms with Crippen LogP contribution < -0.4 is 4.74 Å². The number of aromatic hydroxyl groups is 1. The second kappa shape index (κ2) is 16.6. The molecule has 2 heterocycles. The summed E-state index contributed by atoms with van der Waals surface area (Å²) >= 11 is 0. The van der Waals surface area contributed by atoms with Crippen LogP contribution >= 0.6 is 0 Å². The summed E-state index contributed by atoms with van der Waals surface area (Å²) in [5, 5.41) is 44.5. The number of carboxylic acids is 3. The van der Waals surface area contributed by atoms with Gasteiger partial charge in [0.05, 0.1) is 33.2 Å². The largest absolute Gasteiger partial charge is 0.507 e. The number of fused-ring (bicyclic) bond motifs is 1. The van der Waals surface area contributed by atoms with Crippen LogP contribution in [0.3, 0.4) is 0 Å². The Balaban J connectivity index is 0.000000439. The lowest BCUT2D eigenvalue weighted by Gasteiger charge is -2.26. The van der Waals surface area contributed by atoms with Crippen molar-refractivity contribution in [2.24, 2.45) is 0 Å². The van der Waals surface area contributed by atoms with Gasteiger partial charge in [0, 0.05) is 37.2 Å². The lowest BCUT2D eigenvalue weighted by Crippen LogP contribution is -2.42. The van der Waals surface area contributed by atoms with E-state index in [9.17, 15) is 29.1 Å². The number of hydrogen-bond donors (Lipinski definition) is 5. The summed E-state index contributed by atoms with van der Waals surface area (Å²) in [6, 6.07) is 0. The zero-order valence-electron chi connectivity index (χ0n) is 24.9. The Labute approximate surface area is 253 Å². The number of nitrogens with zero attached hydrogens (tertiary/aromatic N) is 1. The van der Waals surface area contributed by atoms with Crippen LogP contribution in [0.2, 0.25) is 0 Å². The zero-order valence-corrected chi connectivity index (χ0v) is 24.9. The molecule has 15 heteroatoms. The van der Waals surface area contributed by atoms with E-state index in [4.69, 9.17) is 39.4 Å². The standard InChI is InChI=1S/C23H31NO7.C6H8O7/c1-15(5-7-19(25)30-13-10-24-8-11-29-12-9-24)4-6-17-21(26)20-18(14-31-23(20)27)16(2)22(17)28-3;7-3(8)1-6(13,5(11)12)2-4(9)10/h4,26H,5-14H2,1-3H3;13H,1-2H2,(H,7,8)(H,9,10)(H,11,12). The Hall–Kier alpha value is -4.21. The number of aliphatic carboxylic acids is 3. The number of phenols is 1. The first-order valence-corrected chi connectivity index (χ1v) is 13.8. The van der Waals surface area contributed by atoms with E-state index in [-0.39, 0.29) is 23.9 Å². The van der Waals surface area contributed by atoms with Gasteiger partial charge in [-0.25, -0.2) is 9.59 Å². The number of aliphatic hydroxyl groups is 1. The van der Waals surface area contributed by atoms with Crippen LogP contribution in [0.15, 0.2) is 11.6 Å². The third kappa shape index (κ3) is 10.2. The van der Waals surface area contributed by atoms with Crippen molar-refractivity contribution in [2.75, 3.05) is 46.6 Å². The Morgan fingerprint density at radius 1 is 1.05 bits per heavy atom. The van der Waals surface area contributed by atoms with Gasteiger partial charge >= 0.3 is 29.8 Å². The molecule has 0 aliphatic carbocycles. The van der Waals surface area contributed by atoms with Crippen LogP contribution in [0.25, 0.3) is 0 Å². The molecule has 244 valence electrons. The number of carboxylic acid groups (broad SMARTS) is 3. The molecule has 1 aromatic carbocycles. The minimum Gasteiger partial charge on any atom is -0.507 e. The molecule has 3 rings (SSSR count). The number of cyclic esters (lactones) is 1. The highest BCUT2D eigenvalue weighted by Crippen LogP contribution is 2.42. The Bertz CT molecular complexity index is 1250. The van der Waals surface area contributed by atoms with E-state index in [0.29, 0.717) is 42.7 Å². The molecule has 44 heavy (non-hydrogen) atoms. The number of esters is 2. The number of benzene rings is 1. The highest BCUT2D eigenvalue weighted by molar-refractivity contribution is 5.98. The van der Waals surface area contributed by atoms with Gasteiger partial charge in [0.2, 0.25) is 0 Å². The Morgan fingerprint density at radius 2 is 1.66 bits per heavy atom. The zero-order chi connectivity index (χ0) is 33.0. The van der Waals surface area contributed by atoms with E-state index < -0.39 is 42.3 Å². The predicted molar refractivity (Wildman–Crippen MR) is 151 cm³/mol. The lowest BCUT2D eigenvalue weighted by molar-refractivity contribution is -0.170. The van der Waals surface area contributed by atoms with Crippen molar-refractivity contribution >= 4 is 29.8 Å². The van der Waals surface area contributed by atoms with Gasteiger partial charge in [-0.2, -0.15) is 0 Å². The molecule has 2 aliphatic heterocycles. The van der Waals surface area contributed by atoms with Crippen LogP contribution in [-0.2, 0) is 46.4 Å². The monoisotopic (exact) mass is 625 g/mol. The highest BCUT2D eigenvalue weighted by Gasteiger charge is 2.40. The molecule has 0 bridgehead atoms. The number of phenolic OH excluding ortho intramolecular Hbond substituents is 1. The van der Waals surface area contributed by atoms with Crippen LogP contribution in [0.4, 0.5) is 0 Å². The Morgan fingerprint density at radius 3 is 2.20 bits per heavy atom. The first kappa shape index (κ1) is 36.0. The summed E-state index contributed by atoms with van der Waals surface area (Å²) in [7, 11) is 1.54. The number of morpholine rings is 1. The van der Waals surface area contributed by atoms with E-state index in [1.165, 1.54) is 0 Å². The van der Waals surface area contributed by atoms with Crippen molar-refractivity contribution in [3.8, 4) is 11.5 Å². The predicted octanol–water partition coefficient (Wildman–Crippen LogP) is 1.28. The van der Waals surface area contributed by atoms with Crippen molar-refractivity contribution in [2.45, 2.75) is 58.2 Å². The van der Waals surface area contributed by atoms with E-state index in [0.717, 1.165) is 44.0 Å². The molecule has 0 unspecified atom stereocenters. The quantitative estimate of drug-likeness (QED) is 0.145. The molecule has 0 atom stereocenters. The summed E-state index contributed by atoms with van der Waals surface area (Å²) in [5.41, 5.74) is 0.493. The molecule has 5 N–H and O–H groups in total. The maximum atomic E-state index is 12.0. The molecule has 0 spiro atoms. The second-order valence-corrected chi connectivity index (χ2v) is 10.3. The number of rotatable bonds is 14. The molecule has 15 nitrogen and oxygen atoms in total. The minimum atomic E-state index is -2.74. The van der Waals surface area contributed by atoms with Gasteiger partial charge in [-0.3, -0.25) is 19.3 Å². The van der Waals surface area contributed by atoms with Gasteiger partial charge < -0.3 is 44.5 Å². The summed E-state index contributed by atoms with van der Waals surface area (Å²) in [5.74, 6) is -5.29. The third-order valence-electron chi connectivity index (χ3n) is 7.09. The molecule has 0 radical (unpaired) electrons. The number of allylic oxidation sites excluding steroid dienone is 2. The molecule has 0 saturated carbocycles. The number of hydrogen-bond acceptors (Lipinski definition) is 12. The van der Waals surface area contributed by atoms with Crippen LogP contribution in [-0.4, -0.2) is 112 Å². The molecule has 2 aliphatic rings. The van der Waals surface area contributed by atoms with Crippen molar-refractivity contribution in [1.29, 1.82) is 0 Å². The fourth-order valence-corrected chi connectivity index (χ4v) is 4.61. The number of carbonyl (C=O) groups is 5. The summed E-state index contributed by atoms with van der Waals surface area (Å²) in [6.07, 6.45) is 0.887. The van der Waals surface area contributed by atoms with Crippen LogP contribution in [0.5, 0.6) is 11.5 Å². The maximum absolute atomic E-state index is 12.0. The van der Waals surface area contributed by atoms with Crippen molar-refractivity contribution in [3.63, 3.8) is 0 Å². The first-order chi connectivity index (χ1) is 20.7. The van der Waals surface area contributed by atoms with Gasteiger partial charge in [-0.1, -0.05) is 11.6 Å². The number of ether oxygens (including phenoxy) is 4. The Kier molecular flexibility index (Phi) is 13.6. The van der Waals surface area contributed by atoms with Gasteiger partial charge in [0.25, 0.3) is 0 Å². The van der Waals surface area contributed by atoms with Crippen molar-refractivity contribution < 1.29 is 68.5 Å². The summed E-state index contributed by atoms with van der Waals surface area (Å²) in [4.78, 5) is 56.7. The average molecular weight is 626 g/mol. The average Bonchev–Trinajstić information content (AvgIpc) is 3.35. The number of methoxy groups -OCH3 is 1. The smallest absolute Gasteiger partial charge is 0.342 e. The lowest BCUT2D eigenvalue weighted by atomic mass is 9.94. The van der Waals surface area contributed by atoms with Crippen molar-refractivity contribution in [3.05, 3.63) is 33.9 Å². The van der Waals surface area contributed by atoms with Crippen LogP contribution in [0.1, 0.15) is 59.7 Å². The normalized spacial score (nSPS) is 15.0. The van der Waals surface area contributed by atoms with Gasteiger partial charge in [0.15, 0.2) is 5.60 Å². The fourth-order valence-electron chi connectivity index (χ4n) is 4.61. The maximum Gasteiger partial charge on any atom is 0.342 e. The SMILES string of the molecule is COc1c(C)c2c(c(O)c1CC=C(C)CCC(=O)OCCN1CCOCC1)C(=O)OC2.O=C(O)CC(O)(CC(=O)O)C(=O)O. The van der Waals surface area contributed by atoms with Gasteiger partial charge in [0.1, 0.15) is 30.3 Å². The van der Waals surface area contributed by atoms with Crippen molar-refractivity contribution in [1.82, 2.24) is 4.90 Å². The molecular weight excluding hydrogens is 586 g/mol. The summed E-state index contributed by atoms with van der Waals surface area (Å²) < 4.78 is 21.2. The van der Waals surface area contributed by atoms with Gasteiger partial charge in [-0.05, 0) is 32.3 Å². The van der Waals surface area contributed by atoms with E-state index in [2.05, 4.69) is 4.90 Å². The molecule has 1 saturated heterocycles.